The SMILES string of the molecule is CCCOCCCNc1nc2cc(C)ccc2s1. The minimum absolute atomic E-state index is 0.824. The number of hydrogen-bond donors (Lipinski definition) is 1. The van der Waals surface area contributed by atoms with E-state index in [1.54, 1.807) is 11.3 Å². The van der Waals surface area contributed by atoms with Crippen LogP contribution in [0.3, 0.4) is 0 Å². The quantitative estimate of drug-likeness (QED) is 0.772. The number of thiazole rings is 1. The fraction of sp³-hybridized carbons (Fsp3) is 0.500. The molecule has 0 saturated heterocycles. The molecule has 98 valence electrons. The summed E-state index contributed by atoms with van der Waals surface area (Å²) in [7, 11) is 0. The Morgan fingerprint density at radius 3 is 3.06 bits per heavy atom. The van der Waals surface area contributed by atoms with Crippen LogP contribution in [-0.4, -0.2) is 24.7 Å². The second kappa shape index (κ2) is 6.71. The monoisotopic (exact) mass is 264 g/mol. The van der Waals surface area contributed by atoms with Gasteiger partial charge in [0.15, 0.2) is 5.13 Å². The fourth-order valence-electron chi connectivity index (χ4n) is 1.73. The van der Waals surface area contributed by atoms with E-state index in [9.17, 15) is 0 Å². The van der Waals surface area contributed by atoms with Crippen molar-refractivity contribution < 1.29 is 4.74 Å². The van der Waals surface area contributed by atoms with Gasteiger partial charge in [0, 0.05) is 19.8 Å². The summed E-state index contributed by atoms with van der Waals surface area (Å²) in [4.78, 5) is 4.57. The van der Waals surface area contributed by atoms with Crippen LogP contribution in [0.5, 0.6) is 0 Å². The highest BCUT2D eigenvalue weighted by molar-refractivity contribution is 7.22. The van der Waals surface area contributed by atoms with Crippen molar-refractivity contribution in [2.24, 2.45) is 0 Å². The Kier molecular flexibility index (Phi) is 4.96. The van der Waals surface area contributed by atoms with Crippen molar-refractivity contribution >= 4 is 26.7 Å². The van der Waals surface area contributed by atoms with Crippen LogP contribution < -0.4 is 5.32 Å². The summed E-state index contributed by atoms with van der Waals surface area (Å²) in [6.45, 7) is 6.83. The number of nitrogens with zero attached hydrogens (tertiary/aromatic N) is 1. The molecule has 0 bridgehead atoms. The third-order valence-electron chi connectivity index (χ3n) is 2.63. The smallest absolute Gasteiger partial charge is 0.183 e. The maximum absolute atomic E-state index is 5.44. The predicted octanol–water partition coefficient (Wildman–Crippen LogP) is 3.83. The molecule has 0 saturated carbocycles. The minimum atomic E-state index is 0.824. The van der Waals surface area contributed by atoms with Gasteiger partial charge in [0.05, 0.1) is 10.2 Å². The van der Waals surface area contributed by atoms with E-state index in [0.717, 1.165) is 43.2 Å². The topological polar surface area (TPSA) is 34.1 Å². The first-order chi connectivity index (χ1) is 8.79. The summed E-state index contributed by atoms with van der Waals surface area (Å²) in [5, 5.41) is 4.36. The highest BCUT2D eigenvalue weighted by Crippen LogP contribution is 2.26. The number of anilines is 1. The number of aromatic nitrogens is 1. The first-order valence-electron chi connectivity index (χ1n) is 6.48. The van der Waals surface area contributed by atoms with Crippen LogP contribution in [-0.2, 0) is 4.74 Å². The lowest BCUT2D eigenvalue weighted by atomic mass is 10.2. The lowest BCUT2D eigenvalue weighted by Crippen LogP contribution is -2.05. The van der Waals surface area contributed by atoms with E-state index in [0.29, 0.717) is 0 Å². The molecule has 4 heteroatoms. The number of hydrogen-bond acceptors (Lipinski definition) is 4. The van der Waals surface area contributed by atoms with Gasteiger partial charge >= 0.3 is 0 Å². The number of benzene rings is 1. The van der Waals surface area contributed by atoms with Gasteiger partial charge in [-0.15, -0.1) is 0 Å². The van der Waals surface area contributed by atoms with Crippen LogP contribution in [0.25, 0.3) is 10.2 Å². The average Bonchev–Trinajstić information content (AvgIpc) is 2.75. The van der Waals surface area contributed by atoms with Crippen molar-refractivity contribution in [2.75, 3.05) is 25.1 Å². The Morgan fingerprint density at radius 1 is 1.33 bits per heavy atom. The Morgan fingerprint density at radius 2 is 2.22 bits per heavy atom. The molecular formula is C14H20N2OS. The maximum Gasteiger partial charge on any atom is 0.183 e. The molecule has 0 fully saturated rings. The van der Waals surface area contributed by atoms with Crippen molar-refractivity contribution in [3.05, 3.63) is 23.8 Å². The molecule has 0 unspecified atom stereocenters. The van der Waals surface area contributed by atoms with Crippen LogP contribution >= 0.6 is 11.3 Å². The molecule has 0 amide bonds. The Hall–Kier alpha value is -1.13. The van der Waals surface area contributed by atoms with Gasteiger partial charge in [0.2, 0.25) is 0 Å². The molecule has 0 atom stereocenters. The number of fused-ring (bicyclic) bond motifs is 1. The zero-order valence-corrected chi connectivity index (χ0v) is 11.8. The molecule has 1 N–H and O–H groups in total. The first-order valence-corrected chi connectivity index (χ1v) is 7.30. The van der Waals surface area contributed by atoms with Gasteiger partial charge in [-0.25, -0.2) is 4.98 Å². The molecule has 2 rings (SSSR count). The molecule has 1 heterocycles. The summed E-state index contributed by atoms with van der Waals surface area (Å²) in [5.41, 5.74) is 2.34. The Labute approximate surface area is 112 Å². The zero-order chi connectivity index (χ0) is 12.8. The number of rotatable bonds is 7. The molecule has 0 radical (unpaired) electrons. The van der Waals surface area contributed by atoms with E-state index >= 15 is 0 Å². The van der Waals surface area contributed by atoms with Gasteiger partial charge < -0.3 is 10.1 Å². The summed E-state index contributed by atoms with van der Waals surface area (Å²) in [6.07, 6.45) is 2.11. The molecular weight excluding hydrogens is 244 g/mol. The number of ether oxygens (including phenoxy) is 1. The van der Waals surface area contributed by atoms with E-state index in [-0.39, 0.29) is 0 Å². The highest BCUT2D eigenvalue weighted by atomic mass is 32.1. The summed E-state index contributed by atoms with van der Waals surface area (Å²) >= 11 is 1.71. The van der Waals surface area contributed by atoms with Crippen molar-refractivity contribution in [2.45, 2.75) is 26.7 Å². The molecule has 0 aliphatic rings. The van der Waals surface area contributed by atoms with Crippen molar-refractivity contribution in [1.82, 2.24) is 4.98 Å². The molecule has 0 aliphatic carbocycles. The Balaban J connectivity index is 1.81. The number of aryl methyl sites for hydroxylation is 1. The Bertz CT molecular complexity index is 495. The third kappa shape index (κ3) is 3.68. The largest absolute Gasteiger partial charge is 0.381 e. The van der Waals surface area contributed by atoms with Crippen LogP contribution in [0.1, 0.15) is 25.3 Å². The standard InChI is InChI=1S/C14H20N2OS/c1-3-8-17-9-4-7-15-14-16-12-10-11(2)5-6-13(12)18-14/h5-6,10H,3-4,7-9H2,1-2H3,(H,15,16). The third-order valence-corrected chi connectivity index (χ3v) is 3.63. The van der Waals surface area contributed by atoms with E-state index in [2.05, 4.69) is 42.3 Å². The molecule has 1 aromatic carbocycles. The summed E-state index contributed by atoms with van der Waals surface area (Å²) < 4.78 is 6.68. The van der Waals surface area contributed by atoms with Crippen molar-refractivity contribution in [3.8, 4) is 0 Å². The molecule has 3 nitrogen and oxygen atoms in total. The van der Waals surface area contributed by atoms with Gasteiger partial charge in [-0.05, 0) is 37.5 Å². The average molecular weight is 264 g/mol. The van der Waals surface area contributed by atoms with E-state index in [4.69, 9.17) is 4.74 Å². The van der Waals surface area contributed by atoms with Gasteiger partial charge in [0.25, 0.3) is 0 Å². The molecule has 18 heavy (non-hydrogen) atoms. The highest BCUT2D eigenvalue weighted by Gasteiger charge is 2.02. The first kappa shape index (κ1) is 13.3. The number of nitrogens with one attached hydrogen (secondary N) is 1. The molecule has 0 spiro atoms. The summed E-state index contributed by atoms with van der Waals surface area (Å²) in [5.74, 6) is 0. The van der Waals surface area contributed by atoms with Crippen molar-refractivity contribution in [1.29, 1.82) is 0 Å². The van der Waals surface area contributed by atoms with Crippen molar-refractivity contribution in [3.63, 3.8) is 0 Å². The lowest BCUT2D eigenvalue weighted by molar-refractivity contribution is 0.134. The minimum Gasteiger partial charge on any atom is -0.381 e. The van der Waals surface area contributed by atoms with Crippen LogP contribution in [0.4, 0.5) is 5.13 Å². The second-order valence-corrected chi connectivity index (χ2v) is 5.41. The molecule has 2 aromatic rings. The lowest BCUT2D eigenvalue weighted by Gasteiger charge is -2.03. The van der Waals surface area contributed by atoms with Crippen LogP contribution in [0, 0.1) is 6.92 Å². The van der Waals surface area contributed by atoms with E-state index in [1.807, 2.05) is 0 Å². The van der Waals surface area contributed by atoms with Crippen LogP contribution in [0.15, 0.2) is 18.2 Å². The van der Waals surface area contributed by atoms with Gasteiger partial charge in [-0.2, -0.15) is 0 Å². The van der Waals surface area contributed by atoms with Gasteiger partial charge in [-0.1, -0.05) is 24.3 Å². The van der Waals surface area contributed by atoms with E-state index in [1.165, 1.54) is 10.3 Å². The van der Waals surface area contributed by atoms with Gasteiger partial charge in [0.1, 0.15) is 0 Å². The predicted molar refractivity (Wildman–Crippen MR) is 78.6 cm³/mol. The van der Waals surface area contributed by atoms with Crippen LogP contribution in [0.2, 0.25) is 0 Å². The van der Waals surface area contributed by atoms with Gasteiger partial charge in [-0.3, -0.25) is 0 Å². The second-order valence-electron chi connectivity index (χ2n) is 4.38. The maximum atomic E-state index is 5.44. The molecule has 0 aliphatic heterocycles. The normalized spacial score (nSPS) is 11.0. The zero-order valence-electron chi connectivity index (χ0n) is 11.0. The summed E-state index contributed by atoms with van der Waals surface area (Å²) in [6, 6.07) is 6.39. The molecule has 1 aromatic heterocycles. The fourth-order valence-corrected chi connectivity index (χ4v) is 2.60. The van der Waals surface area contributed by atoms with E-state index < -0.39 is 0 Å².